The summed E-state index contributed by atoms with van der Waals surface area (Å²) in [7, 11) is 0.153. The number of carbonyl (C=O) groups excluding carboxylic acids is 5. The third-order valence-electron chi connectivity index (χ3n) is 12.3. The molecular weight excluding hydrogens is 1050 g/mol. The second-order valence-corrected chi connectivity index (χ2v) is 20.9. The first kappa shape index (κ1) is 68.2. The third-order valence-corrected chi connectivity index (χ3v) is 16.1. The number of rotatable bonds is 18. The first-order chi connectivity index (χ1) is 36.7. The summed E-state index contributed by atoms with van der Waals surface area (Å²) in [6.45, 7) is 16.0. The van der Waals surface area contributed by atoms with Crippen molar-refractivity contribution in [1.29, 1.82) is 0 Å². The number of unbranched alkanes of at least 4 members (excludes halogenated alkanes) is 2. The Morgan fingerprint density at radius 2 is 1.53 bits per heavy atom. The average Bonchev–Trinajstić information content (AvgIpc) is 3.77. The molecule has 16 nitrogen and oxygen atoms in total. The minimum atomic E-state index is -3.72. The van der Waals surface area contributed by atoms with Crippen LogP contribution in [0.25, 0.3) is 21.2 Å². The standard InChI is InChI=1S/C45H48ClN5O6S3.C5H12.C2H6.CH3NO.2CH4O.CH2O/c1-45(2)24-34(49-33-8-4-6-31(23-33)44-42(46)43(57-21-20-52)40(26-54)59-44)16-19-51(45)60(55,56)27-29-10-12-37(48-28-58)39(22-29)50-17-14-30(15-18-50)35-11-13-38(47-3)41-32(25-53)7-5-9-36(35)41;1-3-5-4-2;1-2;2-1-3;3*1-2/h4-13,20,22-23,25-26,28,30,34,47,49H,14-19,21,24,27H2,1-3H3,(H,48,58);3-5H2,1-2H3;1-2H3;1H,(H2,2,3);2*2H,1H3;1H2. The van der Waals surface area contributed by atoms with E-state index in [1.807, 2.05) is 96.1 Å². The molecule has 1 unspecified atom stereocenters. The Hall–Kier alpha value is -5.80. The largest absolute Gasteiger partial charge is 0.483 e. The molecule has 2 aliphatic rings. The van der Waals surface area contributed by atoms with Gasteiger partial charge in [-0.3, -0.25) is 19.2 Å². The molecule has 7 N–H and O–H groups in total. The van der Waals surface area contributed by atoms with Crippen LogP contribution in [0.1, 0.15) is 124 Å². The summed E-state index contributed by atoms with van der Waals surface area (Å²) in [4.78, 5) is 54.4. The molecule has 2 aliphatic heterocycles. The molecule has 2 fully saturated rings. The summed E-state index contributed by atoms with van der Waals surface area (Å²) in [6, 6.07) is 23.6. The van der Waals surface area contributed by atoms with Gasteiger partial charge < -0.3 is 46.3 Å². The van der Waals surface area contributed by atoms with Gasteiger partial charge in [-0.05, 0) is 97.9 Å². The predicted molar refractivity (Wildman–Crippen MR) is 319 cm³/mol. The minimum Gasteiger partial charge on any atom is -0.483 e. The Bertz CT molecular complexity index is 2680. The number of anilines is 4. The van der Waals surface area contributed by atoms with Crippen LogP contribution in [-0.4, -0.2) is 120 Å². The summed E-state index contributed by atoms with van der Waals surface area (Å²) in [6.07, 6.45) is 9.48. The van der Waals surface area contributed by atoms with E-state index in [9.17, 15) is 22.8 Å². The number of hydrogen-bond donors (Lipinski definition) is 6. The van der Waals surface area contributed by atoms with Crippen molar-refractivity contribution < 1.29 is 47.3 Å². The van der Waals surface area contributed by atoms with E-state index in [1.165, 1.54) is 41.7 Å². The van der Waals surface area contributed by atoms with Gasteiger partial charge in [0.1, 0.15) is 23.3 Å². The fraction of sp³-hybridized carbons (Fsp3) is 0.429. The van der Waals surface area contributed by atoms with E-state index in [2.05, 4.69) is 58.6 Å². The molecule has 1 aromatic heterocycles. The zero-order chi connectivity index (χ0) is 57.4. The molecule has 0 aliphatic carbocycles. The van der Waals surface area contributed by atoms with Gasteiger partial charge in [0, 0.05) is 74.8 Å². The molecular formula is C56H79ClN6O10S3. The molecule has 5 aromatic rings. The highest BCUT2D eigenvalue weighted by molar-refractivity contribution is 7.88. The number of carbonyl (C=O) groups is 5. The minimum absolute atomic E-state index is 0.00151. The van der Waals surface area contributed by atoms with Crippen molar-refractivity contribution >= 4 is 116 Å². The fourth-order valence-electron chi connectivity index (χ4n) is 9.24. The van der Waals surface area contributed by atoms with Crippen LogP contribution in [0.3, 0.4) is 0 Å². The number of thiocarbonyl (C=S) groups is 1. The number of halogens is 1. The number of benzene rings is 4. The fourth-order valence-corrected chi connectivity index (χ4v) is 12.7. The zero-order valence-electron chi connectivity index (χ0n) is 45.4. The Balaban J connectivity index is 0.00000162. The lowest BCUT2D eigenvalue weighted by Gasteiger charge is -2.45. The van der Waals surface area contributed by atoms with Gasteiger partial charge in [0.15, 0.2) is 24.6 Å². The number of aliphatic hydroxyl groups excluding tert-OH is 2. The molecule has 0 saturated carbocycles. The van der Waals surface area contributed by atoms with Gasteiger partial charge in [-0.1, -0.05) is 113 Å². The molecule has 0 bridgehead atoms. The number of ether oxygens (including phenoxy) is 1. The number of nitrogens with zero attached hydrogens (tertiary/aromatic N) is 2. The topological polar surface area (TPSA) is 238 Å². The SMILES string of the molecule is C=O.CC.CCCCC.CNc1ccc(C2CCN(c3cc(CS(=O)(=O)N4CCC(Nc5cccc(-c6sc(C=O)c(OCC=O)c6Cl)c5)CC4(C)C)ccc3NC=S)CC2)c2cccc(C=O)c12.CO.CO.NC=O. The summed E-state index contributed by atoms with van der Waals surface area (Å²) in [5.41, 5.74) is 11.9. The van der Waals surface area contributed by atoms with Crippen molar-refractivity contribution in [3.63, 3.8) is 0 Å². The quantitative estimate of drug-likeness (QED) is 0.0353. The number of sulfonamides is 1. The van der Waals surface area contributed by atoms with Crippen LogP contribution in [0.4, 0.5) is 22.7 Å². The summed E-state index contributed by atoms with van der Waals surface area (Å²) in [5.74, 6) is 0.359. The highest BCUT2D eigenvalue weighted by Crippen LogP contribution is 2.46. The van der Waals surface area contributed by atoms with E-state index in [0.29, 0.717) is 58.8 Å². The highest BCUT2D eigenvalue weighted by Gasteiger charge is 2.41. The molecule has 0 spiro atoms. The lowest BCUT2D eigenvalue weighted by atomic mass is 9.85. The molecule has 1 amide bonds. The van der Waals surface area contributed by atoms with Gasteiger partial charge >= 0.3 is 0 Å². The first-order valence-electron chi connectivity index (χ1n) is 25.1. The number of thiophene rings is 1. The van der Waals surface area contributed by atoms with E-state index in [4.69, 9.17) is 48.4 Å². The number of fused-ring (bicyclic) bond motifs is 1. The van der Waals surface area contributed by atoms with Crippen LogP contribution >= 0.6 is 35.2 Å². The van der Waals surface area contributed by atoms with Gasteiger partial charge in [0.05, 0.1) is 27.5 Å². The Kier molecular flexibility index (Phi) is 32.6. The van der Waals surface area contributed by atoms with Crippen LogP contribution in [0.5, 0.6) is 5.75 Å². The number of hydrogen-bond acceptors (Lipinski definition) is 15. The summed E-state index contributed by atoms with van der Waals surface area (Å²) < 4.78 is 35.6. The van der Waals surface area contributed by atoms with Crippen LogP contribution in [0, 0.1) is 0 Å². The molecule has 76 heavy (non-hydrogen) atoms. The average molecular weight is 1130 g/mol. The van der Waals surface area contributed by atoms with Gasteiger partial charge in [-0.15, -0.1) is 11.3 Å². The molecule has 0 radical (unpaired) electrons. The van der Waals surface area contributed by atoms with E-state index < -0.39 is 15.6 Å². The van der Waals surface area contributed by atoms with Crippen molar-refractivity contribution in [2.45, 2.75) is 110 Å². The normalized spacial score (nSPS) is 14.6. The van der Waals surface area contributed by atoms with Gasteiger partial charge in [0.2, 0.25) is 16.4 Å². The predicted octanol–water partition coefficient (Wildman–Crippen LogP) is 10.8. The van der Waals surface area contributed by atoms with Crippen molar-refractivity contribution in [2.75, 3.05) is 68.4 Å². The smallest absolute Gasteiger partial charge is 0.218 e. The van der Waals surface area contributed by atoms with Crippen LogP contribution in [-0.2, 0) is 30.2 Å². The van der Waals surface area contributed by atoms with E-state index >= 15 is 0 Å². The van der Waals surface area contributed by atoms with E-state index in [-0.39, 0.29) is 35.6 Å². The molecule has 4 aromatic carbocycles. The van der Waals surface area contributed by atoms with Crippen LogP contribution in [0.15, 0.2) is 72.8 Å². The molecule has 7 rings (SSSR count). The van der Waals surface area contributed by atoms with Crippen molar-refractivity contribution in [2.24, 2.45) is 5.73 Å². The number of piperidine rings is 2. The second kappa shape index (κ2) is 36.3. The van der Waals surface area contributed by atoms with Crippen molar-refractivity contribution in [1.82, 2.24) is 4.31 Å². The second-order valence-electron chi connectivity index (χ2n) is 17.3. The maximum Gasteiger partial charge on any atom is 0.218 e. The maximum absolute atomic E-state index is 14.2. The summed E-state index contributed by atoms with van der Waals surface area (Å²) in [5, 5.41) is 26.3. The van der Waals surface area contributed by atoms with E-state index in [1.54, 1.807) is 4.31 Å². The Labute approximate surface area is 464 Å². The zero-order valence-corrected chi connectivity index (χ0v) is 48.6. The van der Waals surface area contributed by atoms with Gasteiger partial charge in [0.25, 0.3) is 0 Å². The lowest BCUT2D eigenvalue weighted by Crippen LogP contribution is -2.55. The van der Waals surface area contributed by atoms with Crippen molar-refractivity contribution in [3.05, 3.63) is 99.4 Å². The van der Waals surface area contributed by atoms with E-state index in [0.717, 1.165) is 85.5 Å². The molecule has 2 saturated heterocycles. The van der Waals surface area contributed by atoms with Gasteiger partial charge in [-0.25, -0.2) is 8.42 Å². The van der Waals surface area contributed by atoms with Crippen LogP contribution in [0.2, 0.25) is 5.02 Å². The number of primary amides is 1. The Morgan fingerprint density at radius 1 is 0.895 bits per heavy atom. The summed E-state index contributed by atoms with van der Waals surface area (Å²) >= 11 is 13.0. The van der Waals surface area contributed by atoms with Crippen molar-refractivity contribution in [3.8, 4) is 16.2 Å². The molecule has 1 atom stereocenters. The Morgan fingerprint density at radius 3 is 2.08 bits per heavy atom. The number of aldehydes is 3. The van der Waals surface area contributed by atoms with Gasteiger partial charge in [-0.2, -0.15) is 4.31 Å². The van der Waals surface area contributed by atoms with Crippen LogP contribution < -0.4 is 31.3 Å². The number of aliphatic hydroxyl groups is 2. The number of nitrogens with two attached hydrogens (primary N) is 1. The molecule has 418 valence electrons. The maximum atomic E-state index is 14.2. The first-order valence-corrected chi connectivity index (χ1v) is 28.3. The highest BCUT2D eigenvalue weighted by atomic mass is 35.5. The molecule has 3 heterocycles. The lowest BCUT2D eigenvalue weighted by molar-refractivity contribution is -0.109. The monoisotopic (exact) mass is 1130 g/mol. The number of nitrogens with one attached hydrogen (secondary N) is 3. The third kappa shape index (κ3) is 18.7. The molecule has 20 heteroatoms. The number of amides is 1.